The lowest BCUT2D eigenvalue weighted by atomic mass is 10.1. The Labute approximate surface area is 192 Å². The van der Waals surface area contributed by atoms with Crippen molar-refractivity contribution < 1.29 is 14.3 Å². The monoisotopic (exact) mass is 446 g/mol. The van der Waals surface area contributed by atoms with Gasteiger partial charge in [-0.3, -0.25) is 9.69 Å². The molecule has 0 aliphatic carbocycles. The summed E-state index contributed by atoms with van der Waals surface area (Å²) in [4.78, 5) is 24.7. The van der Waals surface area contributed by atoms with Crippen molar-refractivity contribution in [3.05, 3.63) is 60.4 Å². The number of aromatic nitrogens is 2. The molecule has 0 radical (unpaired) electrons. The van der Waals surface area contributed by atoms with Crippen molar-refractivity contribution in [2.45, 2.75) is 13.5 Å². The summed E-state index contributed by atoms with van der Waals surface area (Å²) in [5.41, 5.74) is 2.88. The van der Waals surface area contributed by atoms with E-state index in [9.17, 15) is 4.79 Å². The first-order valence-corrected chi connectivity index (χ1v) is 10.9. The molecule has 1 fully saturated rings. The molecule has 3 heterocycles. The lowest BCUT2D eigenvalue weighted by Gasteiger charge is -2.35. The van der Waals surface area contributed by atoms with Crippen LogP contribution < -0.4 is 25.0 Å². The Balaban J connectivity index is 1.16. The van der Waals surface area contributed by atoms with Gasteiger partial charge in [0, 0.05) is 57.1 Å². The lowest BCUT2D eigenvalue weighted by molar-refractivity contribution is -0.114. The Morgan fingerprint density at radius 2 is 1.70 bits per heavy atom. The van der Waals surface area contributed by atoms with Crippen LogP contribution in [0.4, 0.5) is 23.0 Å². The third kappa shape index (κ3) is 5.15. The molecule has 0 atom stereocenters. The Bertz CT molecular complexity index is 1130. The number of carbonyl (C=O) groups is 1. The van der Waals surface area contributed by atoms with Crippen LogP contribution in [0.15, 0.2) is 54.9 Å². The van der Waals surface area contributed by atoms with E-state index >= 15 is 0 Å². The van der Waals surface area contributed by atoms with Crippen LogP contribution in [0.25, 0.3) is 0 Å². The van der Waals surface area contributed by atoms with Crippen LogP contribution in [0, 0.1) is 0 Å². The molecule has 9 heteroatoms. The van der Waals surface area contributed by atoms with Gasteiger partial charge in [0.1, 0.15) is 18.0 Å². The van der Waals surface area contributed by atoms with Crippen LogP contribution in [0.3, 0.4) is 0 Å². The van der Waals surface area contributed by atoms with E-state index in [4.69, 9.17) is 9.47 Å². The number of amides is 1. The number of piperazine rings is 1. The van der Waals surface area contributed by atoms with Gasteiger partial charge in [-0.25, -0.2) is 9.97 Å². The lowest BCUT2D eigenvalue weighted by Crippen LogP contribution is -2.46. The average Bonchev–Trinajstić information content (AvgIpc) is 3.29. The molecule has 3 aromatic rings. The summed E-state index contributed by atoms with van der Waals surface area (Å²) in [7, 11) is 0. The minimum absolute atomic E-state index is 0.0906. The molecule has 2 N–H and O–H groups in total. The summed E-state index contributed by atoms with van der Waals surface area (Å²) in [6, 6.07) is 15.6. The number of fused-ring (bicyclic) bond motifs is 1. The van der Waals surface area contributed by atoms with E-state index in [1.807, 2.05) is 36.4 Å². The summed E-state index contributed by atoms with van der Waals surface area (Å²) in [6.45, 7) is 6.37. The highest BCUT2D eigenvalue weighted by Crippen LogP contribution is 2.33. The molecular formula is C24H26N6O3. The van der Waals surface area contributed by atoms with Gasteiger partial charge in [0.2, 0.25) is 12.7 Å². The van der Waals surface area contributed by atoms with E-state index in [-0.39, 0.29) is 5.91 Å². The topological polar surface area (TPSA) is 91.9 Å². The molecule has 0 saturated carbocycles. The Morgan fingerprint density at radius 1 is 0.939 bits per heavy atom. The fourth-order valence-corrected chi connectivity index (χ4v) is 4.01. The molecule has 1 saturated heterocycles. The highest BCUT2D eigenvalue weighted by atomic mass is 16.7. The summed E-state index contributed by atoms with van der Waals surface area (Å²) < 4.78 is 10.9. The zero-order chi connectivity index (χ0) is 22.6. The van der Waals surface area contributed by atoms with Gasteiger partial charge in [0.05, 0.1) is 0 Å². The Hall–Kier alpha value is -3.85. The molecule has 5 rings (SSSR count). The van der Waals surface area contributed by atoms with E-state index in [0.29, 0.717) is 6.79 Å². The number of hydrogen-bond acceptors (Lipinski definition) is 8. The third-order valence-corrected chi connectivity index (χ3v) is 5.67. The first-order valence-electron chi connectivity index (χ1n) is 10.9. The van der Waals surface area contributed by atoms with Gasteiger partial charge in [-0.15, -0.1) is 0 Å². The van der Waals surface area contributed by atoms with E-state index in [1.165, 1.54) is 12.5 Å². The number of ether oxygens (including phenoxy) is 2. The van der Waals surface area contributed by atoms with Crippen LogP contribution in [0.1, 0.15) is 12.5 Å². The summed E-state index contributed by atoms with van der Waals surface area (Å²) >= 11 is 0. The molecule has 170 valence electrons. The van der Waals surface area contributed by atoms with Gasteiger partial charge in [0.25, 0.3) is 0 Å². The van der Waals surface area contributed by atoms with Crippen molar-refractivity contribution in [1.82, 2.24) is 14.9 Å². The highest BCUT2D eigenvalue weighted by Gasteiger charge is 2.20. The number of anilines is 4. The van der Waals surface area contributed by atoms with E-state index in [0.717, 1.165) is 67.2 Å². The van der Waals surface area contributed by atoms with Crippen LogP contribution in [0.2, 0.25) is 0 Å². The Morgan fingerprint density at radius 3 is 2.48 bits per heavy atom. The maximum Gasteiger partial charge on any atom is 0.231 e. The number of nitrogens with one attached hydrogen (secondary N) is 2. The summed E-state index contributed by atoms with van der Waals surface area (Å²) in [6.07, 6.45) is 1.59. The molecule has 9 nitrogen and oxygen atoms in total. The van der Waals surface area contributed by atoms with Gasteiger partial charge in [-0.2, -0.15) is 0 Å². The molecule has 2 aliphatic rings. The normalized spacial score (nSPS) is 15.4. The second kappa shape index (κ2) is 9.33. The predicted molar refractivity (Wildman–Crippen MR) is 126 cm³/mol. The molecule has 0 spiro atoms. The van der Waals surface area contributed by atoms with Gasteiger partial charge in [-0.05, 0) is 42.0 Å². The van der Waals surface area contributed by atoms with Crippen LogP contribution in [-0.2, 0) is 11.3 Å². The quantitative estimate of drug-likeness (QED) is 0.596. The van der Waals surface area contributed by atoms with Gasteiger partial charge in [0.15, 0.2) is 11.5 Å². The maximum absolute atomic E-state index is 11.2. The number of rotatable bonds is 6. The minimum Gasteiger partial charge on any atom is -0.454 e. The van der Waals surface area contributed by atoms with Gasteiger partial charge >= 0.3 is 0 Å². The number of hydrogen-bond donors (Lipinski definition) is 2. The summed E-state index contributed by atoms with van der Waals surface area (Å²) in [5, 5.41) is 6.07. The van der Waals surface area contributed by atoms with Crippen LogP contribution in [0.5, 0.6) is 11.5 Å². The fourth-order valence-electron chi connectivity index (χ4n) is 4.01. The number of carbonyl (C=O) groups excluding carboxylic acids is 1. The maximum atomic E-state index is 11.2. The first-order chi connectivity index (χ1) is 16.1. The van der Waals surface area contributed by atoms with Crippen molar-refractivity contribution in [1.29, 1.82) is 0 Å². The van der Waals surface area contributed by atoms with Crippen LogP contribution in [-0.4, -0.2) is 53.7 Å². The van der Waals surface area contributed by atoms with E-state index < -0.39 is 0 Å². The first kappa shape index (κ1) is 21.0. The van der Waals surface area contributed by atoms with Gasteiger partial charge < -0.3 is 25.0 Å². The van der Waals surface area contributed by atoms with Crippen molar-refractivity contribution >= 4 is 28.9 Å². The largest absolute Gasteiger partial charge is 0.454 e. The SMILES string of the molecule is CC(=O)Nc1ccc(Nc2cc(N3CCN(Cc4ccc5c(c4)OCO5)CC3)ncn2)cc1. The molecule has 2 aliphatic heterocycles. The second-order valence-corrected chi connectivity index (χ2v) is 8.10. The molecule has 0 bridgehead atoms. The molecular weight excluding hydrogens is 420 g/mol. The molecule has 0 unspecified atom stereocenters. The van der Waals surface area contributed by atoms with Crippen molar-refractivity contribution in [2.75, 3.05) is 48.5 Å². The smallest absolute Gasteiger partial charge is 0.231 e. The van der Waals surface area contributed by atoms with Gasteiger partial charge in [-0.1, -0.05) is 6.07 Å². The van der Waals surface area contributed by atoms with Crippen molar-refractivity contribution in [2.24, 2.45) is 0 Å². The average molecular weight is 447 g/mol. The highest BCUT2D eigenvalue weighted by molar-refractivity contribution is 5.88. The molecule has 2 aromatic carbocycles. The molecule has 33 heavy (non-hydrogen) atoms. The Kier molecular flexibility index (Phi) is 5.95. The molecule has 1 amide bonds. The summed E-state index contributed by atoms with van der Waals surface area (Å²) in [5.74, 6) is 3.20. The second-order valence-electron chi connectivity index (χ2n) is 8.10. The van der Waals surface area contributed by atoms with Crippen LogP contribution >= 0.6 is 0 Å². The van der Waals surface area contributed by atoms with Crippen molar-refractivity contribution in [3.63, 3.8) is 0 Å². The predicted octanol–water partition coefficient (Wildman–Crippen LogP) is 3.23. The third-order valence-electron chi connectivity index (χ3n) is 5.67. The van der Waals surface area contributed by atoms with Crippen molar-refractivity contribution in [3.8, 4) is 11.5 Å². The number of nitrogens with zero attached hydrogens (tertiary/aromatic N) is 4. The van der Waals surface area contributed by atoms with E-state index in [1.54, 1.807) is 6.33 Å². The standard InChI is InChI=1S/C24H26N6O3/c1-17(31)27-19-3-5-20(6-4-19)28-23-13-24(26-15-25-23)30-10-8-29(9-11-30)14-18-2-7-21-22(12-18)33-16-32-21/h2-7,12-13,15H,8-11,14,16H2,1H3,(H,27,31)(H,25,26,28). The molecule has 1 aromatic heterocycles. The minimum atomic E-state index is -0.0906. The number of benzene rings is 2. The zero-order valence-corrected chi connectivity index (χ0v) is 18.5. The fraction of sp³-hybridized carbons (Fsp3) is 0.292. The van der Waals surface area contributed by atoms with E-state index in [2.05, 4.69) is 42.5 Å². The zero-order valence-electron chi connectivity index (χ0n) is 18.5.